The Hall–Kier alpha value is -0.630. The van der Waals surface area contributed by atoms with Crippen molar-refractivity contribution in [1.29, 1.82) is 0 Å². The molecule has 0 bridgehead atoms. The number of hydrogen-bond acceptors (Lipinski definition) is 2. The standard InChI is InChI=1S/C14H23NS/c1-10-7-12(14(3,4)5)8-11(2)13(10)15(6)9-16/h7-8,16H,9H2,1-6H3. The zero-order chi connectivity index (χ0) is 12.5. The third-order valence-electron chi connectivity index (χ3n) is 2.95. The van der Waals surface area contributed by atoms with Crippen LogP contribution < -0.4 is 4.90 Å². The summed E-state index contributed by atoms with van der Waals surface area (Å²) in [5.41, 5.74) is 5.60. The van der Waals surface area contributed by atoms with E-state index >= 15 is 0 Å². The minimum atomic E-state index is 0.216. The second kappa shape index (κ2) is 4.70. The smallest absolute Gasteiger partial charge is 0.0607 e. The third-order valence-corrected chi connectivity index (χ3v) is 3.38. The van der Waals surface area contributed by atoms with E-state index in [4.69, 9.17) is 0 Å². The Morgan fingerprint density at radius 1 is 1.12 bits per heavy atom. The van der Waals surface area contributed by atoms with Crippen molar-refractivity contribution in [3.8, 4) is 0 Å². The Bertz CT molecular complexity index is 354. The van der Waals surface area contributed by atoms with E-state index in [1.54, 1.807) is 0 Å². The maximum absolute atomic E-state index is 4.33. The average molecular weight is 237 g/mol. The summed E-state index contributed by atoms with van der Waals surface area (Å²) >= 11 is 4.33. The van der Waals surface area contributed by atoms with Gasteiger partial charge in [-0.25, -0.2) is 0 Å². The molecule has 0 aromatic heterocycles. The topological polar surface area (TPSA) is 3.24 Å². The molecule has 0 amide bonds. The van der Waals surface area contributed by atoms with Gasteiger partial charge in [-0.1, -0.05) is 32.9 Å². The van der Waals surface area contributed by atoms with Crippen LogP contribution in [0.5, 0.6) is 0 Å². The fourth-order valence-corrected chi connectivity index (χ4v) is 2.20. The largest absolute Gasteiger partial charge is 0.365 e. The number of benzene rings is 1. The highest BCUT2D eigenvalue weighted by atomic mass is 32.1. The van der Waals surface area contributed by atoms with Gasteiger partial charge in [0.2, 0.25) is 0 Å². The molecular weight excluding hydrogens is 214 g/mol. The van der Waals surface area contributed by atoms with E-state index in [-0.39, 0.29) is 5.41 Å². The molecule has 0 N–H and O–H groups in total. The molecule has 1 rings (SSSR count). The van der Waals surface area contributed by atoms with E-state index in [9.17, 15) is 0 Å². The number of nitrogens with zero attached hydrogens (tertiary/aromatic N) is 1. The van der Waals surface area contributed by atoms with Crippen LogP contribution in [0.2, 0.25) is 0 Å². The van der Waals surface area contributed by atoms with Gasteiger partial charge < -0.3 is 4.90 Å². The second-order valence-corrected chi connectivity index (χ2v) is 5.83. The number of anilines is 1. The first-order chi connectivity index (χ1) is 7.27. The van der Waals surface area contributed by atoms with E-state index < -0.39 is 0 Å². The molecule has 0 radical (unpaired) electrons. The SMILES string of the molecule is Cc1cc(C(C)(C)C)cc(C)c1N(C)CS. The van der Waals surface area contributed by atoms with Crippen LogP contribution in [0.3, 0.4) is 0 Å². The first-order valence-corrected chi connectivity index (χ1v) is 6.34. The van der Waals surface area contributed by atoms with Crippen molar-refractivity contribution in [3.05, 3.63) is 28.8 Å². The zero-order valence-corrected chi connectivity index (χ0v) is 12.2. The van der Waals surface area contributed by atoms with Crippen molar-refractivity contribution in [3.63, 3.8) is 0 Å². The van der Waals surface area contributed by atoms with Crippen LogP contribution in [0, 0.1) is 13.8 Å². The Kier molecular flexibility index (Phi) is 3.95. The van der Waals surface area contributed by atoms with Gasteiger partial charge in [0.1, 0.15) is 0 Å². The first-order valence-electron chi connectivity index (χ1n) is 5.71. The van der Waals surface area contributed by atoms with E-state index in [0.29, 0.717) is 0 Å². The summed E-state index contributed by atoms with van der Waals surface area (Å²) in [5, 5.41) is 0. The Morgan fingerprint density at radius 2 is 1.56 bits per heavy atom. The summed E-state index contributed by atoms with van der Waals surface area (Å²) in [7, 11) is 2.08. The molecule has 1 aromatic carbocycles. The molecule has 0 aliphatic carbocycles. The van der Waals surface area contributed by atoms with E-state index in [1.807, 2.05) is 0 Å². The summed E-state index contributed by atoms with van der Waals surface area (Å²) in [6.45, 7) is 11.1. The molecule has 0 unspecified atom stereocenters. The van der Waals surface area contributed by atoms with Crippen LogP contribution in [0.1, 0.15) is 37.5 Å². The first kappa shape index (κ1) is 13.4. The normalized spacial score (nSPS) is 11.7. The van der Waals surface area contributed by atoms with Gasteiger partial charge >= 0.3 is 0 Å². The lowest BCUT2D eigenvalue weighted by Gasteiger charge is -2.26. The van der Waals surface area contributed by atoms with Crippen LogP contribution in [0.25, 0.3) is 0 Å². The van der Waals surface area contributed by atoms with Crippen molar-refractivity contribution >= 4 is 18.3 Å². The van der Waals surface area contributed by atoms with Gasteiger partial charge in [-0.15, -0.1) is 0 Å². The lowest BCUT2D eigenvalue weighted by molar-refractivity contribution is 0.589. The maximum atomic E-state index is 4.33. The van der Waals surface area contributed by atoms with Gasteiger partial charge in [0.05, 0.1) is 5.88 Å². The van der Waals surface area contributed by atoms with Crippen molar-refractivity contribution in [2.24, 2.45) is 0 Å². The van der Waals surface area contributed by atoms with E-state index in [0.717, 1.165) is 5.88 Å². The van der Waals surface area contributed by atoms with Crippen LogP contribution >= 0.6 is 12.6 Å². The van der Waals surface area contributed by atoms with Crippen LogP contribution in [0.4, 0.5) is 5.69 Å². The van der Waals surface area contributed by atoms with Crippen molar-refractivity contribution in [2.75, 3.05) is 17.8 Å². The summed E-state index contributed by atoms with van der Waals surface area (Å²) in [5.74, 6) is 0.747. The second-order valence-electron chi connectivity index (χ2n) is 5.55. The molecule has 16 heavy (non-hydrogen) atoms. The quantitative estimate of drug-likeness (QED) is 0.602. The van der Waals surface area contributed by atoms with Crippen LogP contribution in [0.15, 0.2) is 12.1 Å². The van der Waals surface area contributed by atoms with Gasteiger partial charge in [0.25, 0.3) is 0 Å². The summed E-state index contributed by atoms with van der Waals surface area (Å²) in [6.07, 6.45) is 0. The van der Waals surface area contributed by atoms with E-state index in [1.165, 1.54) is 22.4 Å². The zero-order valence-electron chi connectivity index (χ0n) is 11.3. The molecule has 0 atom stereocenters. The number of rotatable bonds is 2. The molecule has 0 aliphatic heterocycles. The van der Waals surface area contributed by atoms with Crippen molar-refractivity contribution in [1.82, 2.24) is 0 Å². The molecule has 0 fully saturated rings. The fraction of sp³-hybridized carbons (Fsp3) is 0.571. The molecule has 0 saturated carbocycles. The monoisotopic (exact) mass is 237 g/mol. The van der Waals surface area contributed by atoms with Gasteiger partial charge in [0.15, 0.2) is 0 Å². The predicted octanol–water partition coefficient (Wildman–Crippen LogP) is 3.92. The maximum Gasteiger partial charge on any atom is 0.0607 e. The average Bonchev–Trinajstić information content (AvgIpc) is 2.14. The summed E-state index contributed by atoms with van der Waals surface area (Å²) in [4.78, 5) is 2.18. The highest BCUT2D eigenvalue weighted by molar-refractivity contribution is 7.80. The Labute approximate surface area is 105 Å². The highest BCUT2D eigenvalue weighted by Crippen LogP contribution is 2.31. The van der Waals surface area contributed by atoms with Gasteiger partial charge in [0, 0.05) is 12.7 Å². The molecule has 1 aromatic rings. The fourth-order valence-electron chi connectivity index (χ4n) is 2.06. The lowest BCUT2D eigenvalue weighted by atomic mass is 9.84. The number of hydrogen-bond donors (Lipinski definition) is 1. The molecular formula is C14H23NS. The molecule has 1 nitrogen and oxygen atoms in total. The Morgan fingerprint density at radius 3 is 1.88 bits per heavy atom. The van der Waals surface area contributed by atoms with Crippen molar-refractivity contribution < 1.29 is 0 Å². The van der Waals surface area contributed by atoms with Gasteiger partial charge in [-0.3, -0.25) is 0 Å². The Balaban J connectivity index is 3.28. The van der Waals surface area contributed by atoms with Crippen LogP contribution in [-0.2, 0) is 5.41 Å². The number of aryl methyl sites for hydroxylation is 2. The summed E-state index contributed by atoms with van der Waals surface area (Å²) in [6, 6.07) is 4.59. The molecule has 0 heterocycles. The predicted molar refractivity (Wildman–Crippen MR) is 76.9 cm³/mol. The minimum Gasteiger partial charge on any atom is -0.365 e. The summed E-state index contributed by atoms with van der Waals surface area (Å²) < 4.78 is 0. The molecule has 2 heteroatoms. The third kappa shape index (κ3) is 2.73. The van der Waals surface area contributed by atoms with Gasteiger partial charge in [-0.05, 0) is 36.0 Å². The lowest BCUT2D eigenvalue weighted by Crippen LogP contribution is -2.19. The van der Waals surface area contributed by atoms with E-state index in [2.05, 4.69) is 71.3 Å². The molecule has 0 saturated heterocycles. The highest BCUT2D eigenvalue weighted by Gasteiger charge is 2.17. The molecule has 0 spiro atoms. The van der Waals surface area contributed by atoms with Gasteiger partial charge in [-0.2, -0.15) is 12.6 Å². The minimum absolute atomic E-state index is 0.216. The molecule has 0 aliphatic rings. The van der Waals surface area contributed by atoms with Crippen molar-refractivity contribution in [2.45, 2.75) is 40.0 Å². The number of thiol groups is 1. The van der Waals surface area contributed by atoms with Crippen LogP contribution in [-0.4, -0.2) is 12.9 Å². The molecule has 90 valence electrons.